The molecule has 0 heterocycles. The predicted octanol–water partition coefficient (Wildman–Crippen LogP) is 3.89. The fraction of sp³-hybridized carbons (Fsp3) is 0.200. The molecule has 0 unspecified atom stereocenters. The van der Waals surface area contributed by atoms with Crippen LogP contribution in [-0.2, 0) is 12.3 Å². The number of nitrogens with two attached hydrogens (primary N) is 1. The summed E-state index contributed by atoms with van der Waals surface area (Å²) in [6.07, 6.45) is 0. The third kappa shape index (κ3) is 3.12. The molecule has 1 nitrogen and oxygen atoms in total. The summed E-state index contributed by atoms with van der Waals surface area (Å²) in [4.78, 5) is 1.23. The van der Waals surface area contributed by atoms with Crippen LogP contribution >= 0.6 is 11.8 Å². The van der Waals surface area contributed by atoms with Gasteiger partial charge in [-0.2, -0.15) is 0 Å². The van der Waals surface area contributed by atoms with Crippen molar-refractivity contribution in [3.63, 3.8) is 0 Å². The van der Waals surface area contributed by atoms with Gasteiger partial charge >= 0.3 is 0 Å². The van der Waals surface area contributed by atoms with Crippen molar-refractivity contribution in [2.45, 2.75) is 24.1 Å². The Morgan fingerprint density at radius 2 is 1.89 bits per heavy atom. The lowest BCUT2D eigenvalue weighted by molar-refractivity contribution is 0.625. The zero-order valence-electron chi connectivity index (χ0n) is 10.3. The average Bonchev–Trinajstić information content (AvgIpc) is 2.38. The molecule has 0 radical (unpaired) electrons. The quantitative estimate of drug-likeness (QED) is 0.845. The van der Waals surface area contributed by atoms with Gasteiger partial charge in [0.05, 0.1) is 0 Å². The predicted molar refractivity (Wildman–Crippen MR) is 75.0 cm³/mol. The van der Waals surface area contributed by atoms with Crippen molar-refractivity contribution in [2.75, 3.05) is 0 Å². The highest BCUT2D eigenvalue weighted by Crippen LogP contribution is 2.27. The molecule has 2 rings (SSSR count). The van der Waals surface area contributed by atoms with Crippen LogP contribution in [0.1, 0.15) is 16.7 Å². The maximum absolute atomic E-state index is 13.2. The highest BCUT2D eigenvalue weighted by atomic mass is 32.2. The molecule has 0 aliphatic heterocycles. The lowest BCUT2D eigenvalue weighted by Crippen LogP contribution is -2.01. The van der Waals surface area contributed by atoms with E-state index in [1.807, 2.05) is 12.1 Å². The minimum atomic E-state index is -0.201. The third-order valence-corrected chi connectivity index (χ3v) is 4.09. The van der Waals surface area contributed by atoms with Crippen molar-refractivity contribution in [1.29, 1.82) is 0 Å². The Bertz CT molecular complexity index is 540. The van der Waals surface area contributed by atoms with E-state index in [-0.39, 0.29) is 5.82 Å². The standard InChI is InChI=1S/C15H16FNS/c1-11-4-2-3-5-15(11)18-10-13-8-14(16)7-6-12(13)9-17/h2-8H,9-10,17H2,1H3. The molecule has 3 heteroatoms. The highest BCUT2D eigenvalue weighted by Gasteiger charge is 2.05. The largest absolute Gasteiger partial charge is 0.326 e. The topological polar surface area (TPSA) is 26.0 Å². The Balaban J connectivity index is 2.15. The van der Waals surface area contributed by atoms with Gasteiger partial charge in [0.15, 0.2) is 0 Å². The number of hydrogen-bond acceptors (Lipinski definition) is 2. The van der Waals surface area contributed by atoms with Gasteiger partial charge in [0.2, 0.25) is 0 Å². The molecule has 0 bridgehead atoms. The van der Waals surface area contributed by atoms with Gasteiger partial charge in [0.1, 0.15) is 5.82 Å². The number of aryl methyl sites for hydroxylation is 1. The zero-order valence-corrected chi connectivity index (χ0v) is 11.1. The highest BCUT2D eigenvalue weighted by molar-refractivity contribution is 7.98. The fourth-order valence-electron chi connectivity index (χ4n) is 1.80. The Morgan fingerprint density at radius 1 is 1.11 bits per heavy atom. The smallest absolute Gasteiger partial charge is 0.123 e. The van der Waals surface area contributed by atoms with E-state index in [2.05, 4.69) is 19.1 Å². The van der Waals surface area contributed by atoms with Crippen LogP contribution in [0.4, 0.5) is 4.39 Å². The molecule has 0 amide bonds. The van der Waals surface area contributed by atoms with Crippen molar-refractivity contribution in [2.24, 2.45) is 5.73 Å². The van der Waals surface area contributed by atoms with E-state index >= 15 is 0 Å². The van der Waals surface area contributed by atoms with Crippen molar-refractivity contribution in [3.8, 4) is 0 Å². The van der Waals surface area contributed by atoms with Crippen LogP contribution in [0.15, 0.2) is 47.4 Å². The minimum absolute atomic E-state index is 0.201. The summed E-state index contributed by atoms with van der Waals surface area (Å²) in [6.45, 7) is 2.53. The van der Waals surface area contributed by atoms with E-state index < -0.39 is 0 Å². The lowest BCUT2D eigenvalue weighted by atomic mass is 10.1. The Morgan fingerprint density at radius 3 is 2.61 bits per heavy atom. The summed E-state index contributed by atoms with van der Waals surface area (Å²) in [5.74, 6) is 0.544. The Labute approximate surface area is 111 Å². The monoisotopic (exact) mass is 261 g/mol. The summed E-state index contributed by atoms with van der Waals surface area (Å²) in [5.41, 5.74) is 8.90. The van der Waals surface area contributed by atoms with E-state index in [0.717, 1.165) is 16.9 Å². The second-order valence-corrected chi connectivity index (χ2v) is 5.19. The molecule has 2 aromatic carbocycles. The van der Waals surface area contributed by atoms with Gasteiger partial charge < -0.3 is 5.73 Å². The molecular formula is C15H16FNS. The summed E-state index contributed by atoms with van der Waals surface area (Å²) >= 11 is 1.72. The van der Waals surface area contributed by atoms with Crippen molar-refractivity contribution >= 4 is 11.8 Å². The van der Waals surface area contributed by atoms with Gasteiger partial charge in [-0.1, -0.05) is 24.3 Å². The normalized spacial score (nSPS) is 10.6. The van der Waals surface area contributed by atoms with E-state index in [4.69, 9.17) is 5.73 Å². The summed E-state index contributed by atoms with van der Waals surface area (Å²) in [7, 11) is 0. The van der Waals surface area contributed by atoms with Crippen molar-refractivity contribution < 1.29 is 4.39 Å². The second-order valence-electron chi connectivity index (χ2n) is 4.17. The van der Waals surface area contributed by atoms with Crippen LogP contribution in [0, 0.1) is 12.7 Å². The van der Waals surface area contributed by atoms with Gasteiger partial charge in [0, 0.05) is 17.2 Å². The van der Waals surface area contributed by atoms with Crippen LogP contribution in [-0.4, -0.2) is 0 Å². The number of rotatable bonds is 4. The lowest BCUT2D eigenvalue weighted by Gasteiger charge is -2.09. The number of hydrogen-bond donors (Lipinski definition) is 1. The van der Waals surface area contributed by atoms with Gasteiger partial charge in [-0.3, -0.25) is 0 Å². The molecule has 0 atom stereocenters. The van der Waals surface area contributed by atoms with Gasteiger partial charge in [-0.15, -0.1) is 11.8 Å². The maximum Gasteiger partial charge on any atom is 0.123 e. The molecule has 18 heavy (non-hydrogen) atoms. The van der Waals surface area contributed by atoms with Crippen LogP contribution in [0.2, 0.25) is 0 Å². The Kier molecular flexibility index (Phi) is 4.39. The first-order valence-electron chi connectivity index (χ1n) is 5.86. The summed E-state index contributed by atoms with van der Waals surface area (Å²) in [6, 6.07) is 13.0. The Hall–Kier alpha value is -1.32. The van der Waals surface area contributed by atoms with E-state index in [9.17, 15) is 4.39 Å². The van der Waals surface area contributed by atoms with Gasteiger partial charge in [-0.05, 0) is 41.8 Å². The molecule has 0 aliphatic rings. The van der Waals surface area contributed by atoms with Crippen molar-refractivity contribution in [3.05, 3.63) is 65.0 Å². The molecule has 2 N–H and O–H groups in total. The maximum atomic E-state index is 13.2. The molecular weight excluding hydrogens is 245 g/mol. The number of halogens is 1. The van der Waals surface area contributed by atoms with Crippen LogP contribution in [0.25, 0.3) is 0 Å². The molecule has 0 aliphatic carbocycles. The minimum Gasteiger partial charge on any atom is -0.326 e. The molecule has 94 valence electrons. The third-order valence-electron chi connectivity index (χ3n) is 2.86. The number of benzene rings is 2. The first-order chi connectivity index (χ1) is 8.70. The van der Waals surface area contributed by atoms with Gasteiger partial charge in [0.25, 0.3) is 0 Å². The van der Waals surface area contributed by atoms with E-state index in [1.165, 1.54) is 16.5 Å². The molecule has 0 saturated heterocycles. The average molecular weight is 261 g/mol. The van der Waals surface area contributed by atoms with Crippen LogP contribution < -0.4 is 5.73 Å². The zero-order chi connectivity index (χ0) is 13.0. The van der Waals surface area contributed by atoms with Crippen molar-refractivity contribution in [1.82, 2.24) is 0 Å². The van der Waals surface area contributed by atoms with Crippen LogP contribution in [0.5, 0.6) is 0 Å². The first kappa shape index (κ1) is 13.1. The molecule has 0 spiro atoms. The number of thioether (sulfide) groups is 1. The molecule has 0 saturated carbocycles. The van der Waals surface area contributed by atoms with E-state index in [1.54, 1.807) is 23.9 Å². The molecule has 2 aromatic rings. The van der Waals surface area contributed by atoms with E-state index in [0.29, 0.717) is 6.54 Å². The fourth-order valence-corrected chi connectivity index (χ4v) is 2.85. The molecule has 0 aromatic heterocycles. The SMILES string of the molecule is Cc1ccccc1SCc1cc(F)ccc1CN. The van der Waals surface area contributed by atoms with Crippen LogP contribution in [0.3, 0.4) is 0 Å². The van der Waals surface area contributed by atoms with Gasteiger partial charge in [-0.25, -0.2) is 4.39 Å². The molecule has 0 fully saturated rings. The first-order valence-corrected chi connectivity index (χ1v) is 6.85. The summed E-state index contributed by atoms with van der Waals surface area (Å²) < 4.78 is 13.2. The summed E-state index contributed by atoms with van der Waals surface area (Å²) in [5, 5.41) is 0. The second kappa shape index (κ2) is 6.03.